The van der Waals surface area contributed by atoms with Gasteiger partial charge in [-0.1, -0.05) is 0 Å². The first-order chi connectivity index (χ1) is 10.2. The van der Waals surface area contributed by atoms with Crippen LogP contribution in [0.4, 0.5) is 17.1 Å². The van der Waals surface area contributed by atoms with Gasteiger partial charge < -0.3 is 10.1 Å². The van der Waals surface area contributed by atoms with Crippen LogP contribution < -0.4 is 0 Å². The molecule has 0 aliphatic rings. The summed E-state index contributed by atoms with van der Waals surface area (Å²) in [5, 5.41) is 40.2. The molecule has 1 heterocycles. The minimum absolute atomic E-state index is 0.447. The van der Waals surface area contributed by atoms with Crippen LogP contribution in [0.1, 0.15) is 5.69 Å². The van der Waals surface area contributed by atoms with Crippen LogP contribution in [-0.2, 0) is 0 Å². The average molecular weight is 311 g/mol. The topological polar surface area (TPSA) is 178 Å². The summed E-state index contributed by atoms with van der Waals surface area (Å²) >= 11 is 0. The fourth-order valence-electron chi connectivity index (χ4n) is 1.30. The Bertz CT molecular complexity index is 677. The van der Waals surface area contributed by atoms with Gasteiger partial charge in [0.1, 0.15) is 0 Å². The summed E-state index contributed by atoms with van der Waals surface area (Å²) in [6.45, 7) is 1.97. The number of non-ortho nitro benzene ring substituents is 1. The van der Waals surface area contributed by atoms with E-state index >= 15 is 0 Å². The zero-order valence-corrected chi connectivity index (χ0v) is 11.0. The van der Waals surface area contributed by atoms with Crippen molar-refractivity contribution >= 4 is 17.1 Å². The predicted octanol–water partition coefficient (Wildman–Crippen LogP) is 1.83. The SMILES string of the molecule is Cc1cnc[nH]1.O=[N+]([O-])c1cc([N+](=O)[O-])c(O)c([N+](=O)[O-])c1. The smallest absolute Gasteiger partial charge is 0.324 e. The molecule has 0 bridgehead atoms. The fourth-order valence-corrected chi connectivity index (χ4v) is 1.30. The predicted molar refractivity (Wildman–Crippen MR) is 71.4 cm³/mol. The second kappa shape index (κ2) is 6.74. The number of hydrogen-bond acceptors (Lipinski definition) is 8. The van der Waals surface area contributed by atoms with Crippen LogP contribution in [0.25, 0.3) is 0 Å². The van der Waals surface area contributed by atoms with Crippen molar-refractivity contribution in [1.82, 2.24) is 9.97 Å². The van der Waals surface area contributed by atoms with Gasteiger partial charge in [0.05, 0.1) is 33.2 Å². The molecule has 22 heavy (non-hydrogen) atoms. The van der Waals surface area contributed by atoms with Crippen molar-refractivity contribution in [2.75, 3.05) is 0 Å². The summed E-state index contributed by atoms with van der Waals surface area (Å²) in [4.78, 5) is 34.4. The minimum atomic E-state index is -1.21. The third-order valence-corrected chi connectivity index (χ3v) is 2.29. The highest BCUT2D eigenvalue weighted by Gasteiger charge is 2.30. The molecule has 0 unspecified atom stereocenters. The zero-order chi connectivity index (χ0) is 16.9. The number of H-pyrrole nitrogens is 1. The number of phenolic OH excluding ortho intramolecular Hbond substituents is 1. The first-order valence-electron chi connectivity index (χ1n) is 5.49. The number of phenols is 1. The number of nitrogens with one attached hydrogen (secondary N) is 1. The maximum atomic E-state index is 10.4. The molecule has 12 nitrogen and oxygen atoms in total. The van der Waals surface area contributed by atoms with Crippen molar-refractivity contribution in [3.05, 3.63) is 60.7 Å². The Kier molecular flexibility index (Phi) is 5.05. The number of nitro groups is 3. The van der Waals surface area contributed by atoms with Crippen LogP contribution in [0.15, 0.2) is 24.7 Å². The fraction of sp³-hybridized carbons (Fsp3) is 0.100. The monoisotopic (exact) mass is 311 g/mol. The Labute approximate surface area is 121 Å². The molecule has 1 aromatic heterocycles. The van der Waals surface area contributed by atoms with Gasteiger partial charge in [-0.3, -0.25) is 30.3 Å². The normalized spacial score (nSPS) is 9.50. The van der Waals surface area contributed by atoms with Crippen LogP contribution in [-0.4, -0.2) is 29.8 Å². The number of hydrogen-bond donors (Lipinski definition) is 2. The zero-order valence-electron chi connectivity index (χ0n) is 11.0. The molecule has 2 rings (SSSR count). The molecule has 0 amide bonds. The summed E-state index contributed by atoms with van der Waals surface area (Å²) in [7, 11) is 0. The number of aromatic hydroxyl groups is 1. The van der Waals surface area contributed by atoms with E-state index in [-0.39, 0.29) is 0 Å². The van der Waals surface area contributed by atoms with E-state index in [4.69, 9.17) is 5.11 Å². The van der Waals surface area contributed by atoms with Crippen LogP contribution in [0.3, 0.4) is 0 Å². The molecule has 0 saturated carbocycles. The van der Waals surface area contributed by atoms with Crippen molar-refractivity contribution < 1.29 is 19.9 Å². The highest BCUT2D eigenvalue weighted by molar-refractivity contribution is 5.64. The third kappa shape index (κ3) is 3.96. The first-order valence-corrected chi connectivity index (χ1v) is 5.49. The lowest BCUT2D eigenvalue weighted by Crippen LogP contribution is -1.97. The molecule has 1 aromatic carbocycles. The van der Waals surface area contributed by atoms with Gasteiger partial charge in [0, 0.05) is 11.9 Å². The number of rotatable bonds is 3. The Morgan fingerprint density at radius 2 is 1.55 bits per heavy atom. The third-order valence-electron chi connectivity index (χ3n) is 2.29. The maximum absolute atomic E-state index is 10.4. The van der Waals surface area contributed by atoms with E-state index in [1.165, 1.54) is 0 Å². The standard InChI is InChI=1S/C6H3N3O7.C4H6N2/c10-6-4(8(13)14)1-3(7(11)12)2-5(6)9(15)16;1-4-2-5-3-6-4/h1-2,10H;2-3H,1H3,(H,5,6). The second-order valence-corrected chi connectivity index (χ2v) is 3.84. The molecule has 2 N–H and O–H groups in total. The maximum Gasteiger partial charge on any atom is 0.324 e. The number of aryl methyl sites for hydroxylation is 1. The van der Waals surface area contributed by atoms with E-state index in [1.807, 2.05) is 6.92 Å². The second-order valence-electron chi connectivity index (χ2n) is 3.84. The van der Waals surface area contributed by atoms with Gasteiger partial charge in [0.2, 0.25) is 0 Å². The molecule has 0 atom stereocenters. The summed E-state index contributed by atoms with van der Waals surface area (Å²) in [5.74, 6) is -1.21. The Hall–Kier alpha value is -3.57. The molecule has 2 aromatic rings. The lowest BCUT2D eigenvalue weighted by Gasteiger charge is -1.97. The van der Waals surface area contributed by atoms with E-state index in [9.17, 15) is 30.3 Å². The number of nitro benzene ring substituents is 3. The van der Waals surface area contributed by atoms with Crippen LogP contribution in [0.5, 0.6) is 5.75 Å². The van der Waals surface area contributed by atoms with E-state index in [0.717, 1.165) is 5.69 Å². The van der Waals surface area contributed by atoms with E-state index in [2.05, 4.69) is 9.97 Å². The summed E-state index contributed by atoms with van der Waals surface area (Å²) in [5.41, 5.74) is -1.90. The van der Waals surface area contributed by atoms with Crippen molar-refractivity contribution in [3.63, 3.8) is 0 Å². The average Bonchev–Trinajstić information content (AvgIpc) is 2.89. The number of aromatic nitrogens is 2. The number of benzene rings is 1. The summed E-state index contributed by atoms with van der Waals surface area (Å²) in [6.07, 6.45) is 3.44. The molecule has 0 saturated heterocycles. The molecular weight excluding hydrogens is 302 g/mol. The van der Waals surface area contributed by atoms with Crippen molar-refractivity contribution in [1.29, 1.82) is 0 Å². The molecule has 0 aliphatic carbocycles. The highest BCUT2D eigenvalue weighted by atomic mass is 16.6. The van der Waals surface area contributed by atoms with E-state index in [0.29, 0.717) is 12.1 Å². The van der Waals surface area contributed by atoms with Gasteiger partial charge in [-0.15, -0.1) is 0 Å². The number of imidazole rings is 1. The van der Waals surface area contributed by atoms with Gasteiger partial charge in [-0.2, -0.15) is 0 Å². The summed E-state index contributed by atoms with van der Waals surface area (Å²) < 4.78 is 0. The van der Waals surface area contributed by atoms with Crippen molar-refractivity contribution in [3.8, 4) is 5.75 Å². The molecule has 116 valence electrons. The Balaban J connectivity index is 0.000000335. The number of aromatic amines is 1. The lowest BCUT2D eigenvalue weighted by atomic mass is 10.2. The van der Waals surface area contributed by atoms with Gasteiger partial charge >= 0.3 is 11.4 Å². The molecule has 12 heteroatoms. The quantitative estimate of drug-likeness (QED) is 0.636. The van der Waals surface area contributed by atoms with Gasteiger partial charge in [-0.25, -0.2) is 4.98 Å². The summed E-state index contributed by atoms with van der Waals surface area (Å²) in [6, 6.07) is 0.894. The largest absolute Gasteiger partial charge is 0.497 e. The van der Waals surface area contributed by atoms with E-state index < -0.39 is 37.6 Å². The first kappa shape index (κ1) is 16.5. The molecular formula is C10H9N5O7. The van der Waals surface area contributed by atoms with Crippen LogP contribution >= 0.6 is 0 Å². The van der Waals surface area contributed by atoms with Gasteiger partial charge in [-0.05, 0) is 6.92 Å². The van der Waals surface area contributed by atoms with Crippen LogP contribution in [0, 0.1) is 37.3 Å². The Morgan fingerprint density at radius 1 is 1.05 bits per heavy atom. The Morgan fingerprint density at radius 3 is 1.77 bits per heavy atom. The van der Waals surface area contributed by atoms with Crippen LogP contribution in [0.2, 0.25) is 0 Å². The number of nitrogens with zero attached hydrogens (tertiary/aromatic N) is 4. The van der Waals surface area contributed by atoms with Gasteiger partial charge in [0.15, 0.2) is 0 Å². The molecule has 0 radical (unpaired) electrons. The molecule has 0 aliphatic heterocycles. The molecule has 0 spiro atoms. The lowest BCUT2D eigenvalue weighted by molar-refractivity contribution is -0.404. The van der Waals surface area contributed by atoms with Crippen molar-refractivity contribution in [2.24, 2.45) is 0 Å². The van der Waals surface area contributed by atoms with Crippen molar-refractivity contribution in [2.45, 2.75) is 6.92 Å². The molecule has 0 fully saturated rings. The van der Waals surface area contributed by atoms with Gasteiger partial charge in [0.25, 0.3) is 11.4 Å². The minimum Gasteiger partial charge on any atom is -0.497 e. The highest BCUT2D eigenvalue weighted by Crippen LogP contribution is 2.38. The van der Waals surface area contributed by atoms with E-state index in [1.54, 1.807) is 12.5 Å².